The van der Waals surface area contributed by atoms with Gasteiger partial charge in [0.05, 0.1) is 5.52 Å². The molecule has 0 saturated carbocycles. The minimum Gasteiger partial charge on any atom is -0.329 e. The number of carbonyl (C=O) groups is 1. The van der Waals surface area contributed by atoms with E-state index in [1.807, 2.05) is 50.2 Å². The zero-order valence-corrected chi connectivity index (χ0v) is 15.7. The van der Waals surface area contributed by atoms with Crippen molar-refractivity contribution in [3.05, 3.63) is 88.2 Å². The molecule has 5 heteroatoms. The highest BCUT2D eigenvalue weighted by atomic mass is 16.2. The smallest absolute Gasteiger partial charge is 0.278 e. The Morgan fingerprint density at radius 3 is 2.56 bits per heavy atom. The molecule has 3 aromatic rings. The Morgan fingerprint density at radius 2 is 1.89 bits per heavy atom. The molecule has 0 atom stereocenters. The lowest BCUT2D eigenvalue weighted by Crippen LogP contribution is -2.36. The SMILES string of the molecule is C=CCN(Cc1ccc(C)cc1)C(=O)c1nn(CC)c2ccccc2c1=O. The molecule has 0 aliphatic rings. The van der Waals surface area contributed by atoms with Crippen molar-refractivity contribution in [2.24, 2.45) is 0 Å². The largest absolute Gasteiger partial charge is 0.329 e. The summed E-state index contributed by atoms with van der Waals surface area (Å²) in [6.07, 6.45) is 1.66. The van der Waals surface area contributed by atoms with Crippen LogP contribution in [0.1, 0.15) is 28.5 Å². The standard InChI is InChI=1S/C22H23N3O2/c1-4-14-24(15-17-12-10-16(3)11-13-17)22(27)20-21(26)18-8-6-7-9-19(18)25(5-2)23-20/h4,6-13H,1,5,14-15H2,2-3H3. The molecule has 0 saturated heterocycles. The Morgan fingerprint density at radius 1 is 1.19 bits per heavy atom. The van der Waals surface area contributed by atoms with Crippen LogP contribution < -0.4 is 5.43 Å². The lowest BCUT2D eigenvalue weighted by Gasteiger charge is -2.21. The van der Waals surface area contributed by atoms with Gasteiger partial charge in [-0.25, -0.2) is 0 Å². The van der Waals surface area contributed by atoms with Gasteiger partial charge in [0.1, 0.15) is 0 Å². The second-order valence-corrected chi connectivity index (χ2v) is 6.47. The average molecular weight is 361 g/mol. The van der Waals surface area contributed by atoms with E-state index in [1.54, 1.807) is 27.8 Å². The molecule has 0 N–H and O–H groups in total. The van der Waals surface area contributed by atoms with Crippen molar-refractivity contribution in [1.82, 2.24) is 14.7 Å². The summed E-state index contributed by atoms with van der Waals surface area (Å²) < 4.78 is 1.70. The maximum Gasteiger partial charge on any atom is 0.278 e. The maximum atomic E-state index is 13.1. The molecular formula is C22H23N3O2. The van der Waals surface area contributed by atoms with Crippen molar-refractivity contribution in [2.45, 2.75) is 26.9 Å². The van der Waals surface area contributed by atoms with Crippen LogP contribution in [0, 0.1) is 6.92 Å². The topological polar surface area (TPSA) is 55.2 Å². The van der Waals surface area contributed by atoms with Gasteiger partial charge in [-0.15, -0.1) is 6.58 Å². The molecule has 1 heterocycles. The van der Waals surface area contributed by atoms with Crippen LogP contribution in [0.4, 0.5) is 0 Å². The maximum absolute atomic E-state index is 13.1. The van der Waals surface area contributed by atoms with Crippen LogP contribution in [0.2, 0.25) is 0 Å². The van der Waals surface area contributed by atoms with Crippen LogP contribution in [0.5, 0.6) is 0 Å². The van der Waals surface area contributed by atoms with Crippen molar-refractivity contribution in [2.75, 3.05) is 6.54 Å². The predicted octanol–water partition coefficient (Wildman–Crippen LogP) is 3.55. The highest BCUT2D eigenvalue weighted by Gasteiger charge is 2.22. The van der Waals surface area contributed by atoms with Crippen LogP contribution in [-0.2, 0) is 13.1 Å². The van der Waals surface area contributed by atoms with E-state index in [9.17, 15) is 9.59 Å². The molecule has 0 fully saturated rings. The highest BCUT2D eigenvalue weighted by molar-refractivity contribution is 5.95. The lowest BCUT2D eigenvalue weighted by atomic mass is 10.1. The number of rotatable bonds is 6. The van der Waals surface area contributed by atoms with Gasteiger partial charge in [0.15, 0.2) is 5.69 Å². The number of hydrogen-bond acceptors (Lipinski definition) is 3. The molecule has 1 aromatic heterocycles. The first-order chi connectivity index (χ1) is 13.0. The van der Waals surface area contributed by atoms with E-state index in [-0.39, 0.29) is 17.0 Å². The Hall–Kier alpha value is -3.21. The first kappa shape index (κ1) is 18.6. The summed E-state index contributed by atoms with van der Waals surface area (Å²) in [5.74, 6) is -0.381. The van der Waals surface area contributed by atoms with Crippen LogP contribution in [0.25, 0.3) is 10.9 Å². The quantitative estimate of drug-likeness (QED) is 0.631. The van der Waals surface area contributed by atoms with Crippen molar-refractivity contribution in [1.29, 1.82) is 0 Å². The summed E-state index contributed by atoms with van der Waals surface area (Å²) in [5.41, 5.74) is 2.49. The number of hydrogen-bond donors (Lipinski definition) is 0. The normalized spacial score (nSPS) is 10.7. The van der Waals surface area contributed by atoms with Gasteiger partial charge >= 0.3 is 0 Å². The Labute approximate surface area is 158 Å². The average Bonchev–Trinajstić information content (AvgIpc) is 2.69. The van der Waals surface area contributed by atoms with Gasteiger partial charge in [-0.2, -0.15) is 5.10 Å². The van der Waals surface area contributed by atoms with E-state index in [0.717, 1.165) is 16.6 Å². The van der Waals surface area contributed by atoms with Crippen molar-refractivity contribution in [3.63, 3.8) is 0 Å². The number of nitrogens with zero attached hydrogens (tertiary/aromatic N) is 3. The van der Waals surface area contributed by atoms with Crippen molar-refractivity contribution in [3.8, 4) is 0 Å². The van der Waals surface area contributed by atoms with Crippen LogP contribution >= 0.6 is 0 Å². The highest BCUT2D eigenvalue weighted by Crippen LogP contribution is 2.13. The van der Waals surface area contributed by atoms with Gasteiger partial charge in [-0.3, -0.25) is 14.3 Å². The minimum atomic E-state index is -0.381. The summed E-state index contributed by atoms with van der Waals surface area (Å²) in [6.45, 7) is 9.00. The molecule has 0 radical (unpaired) electrons. The molecule has 3 rings (SSSR count). The van der Waals surface area contributed by atoms with Crippen LogP contribution in [0.3, 0.4) is 0 Å². The molecule has 0 unspecified atom stereocenters. The van der Waals surface area contributed by atoms with E-state index in [0.29, 0.717) is 25.0 Å². The second-order valence-electron chi connectivity index (χ2n) is 6.47. The number of amides is 1. The summed E-state index contributed by atoms with van der Waals surface area (Å²) in [4.78, 5) is 27.6. The van der Waals surface area contributed by atoms with Gasteiger partial charge in [0.2, 0.25) is 5.43 Å². The van der Waals surface area contributed by atoms with Crippen molar-refractivity contribution >= 4 is 16.8 Å². The molecule has 27 heavy (non-hydrogen) atoms. The third-order valence-corrected chi connectivity index (χ3v) is 4.50. The Bertz CT molecular complexity index is 1040. The first-order valence-electron chi connectivity index (χ1n) is 9.00. The number of carbonyl (C=O) groups excluding carboxylic acids is 1. The monoisotopic (exact) mass is 361 g/mol. The number of para-hydroxylation sites is 1. The van der Waals surface area contributed by atoms with E-state index in [2.05, 4.69) is 11.7 Å². The van der Waals surface area contributed by atoms with Gasteiger partial charge in [0, 0.05) is 25.0 Å². The van der Waals surface area contributed by atoms with Gasteiger partial charge in [-0.1, -0.05) is 48.0 Å². The predicted molar refractivity (Wildman–Crippen MR) is 108 cm³/mol. The van der Waals surface area contributed by atoms with E-state index < -0.39 is 0 Å². The molecule has 138 valence electrons. The van der Waals surface area contributed by atoms with Crippen LogP contribution in [-0.4, -0.2) is 27.1 Å². The third-order valence-electron chi connectivity index (χ3n) is 4.50. The van der Waals surface area contributed by atoms with Crippen molar-refractivity contribution < 1.29 is 4.79 Å². The fourth-order valence-corrected chi connectivity index (χ4v) is 3.06. The molecule has 2 aromatic carbocycles. The van der Waals surface area contributed by atoms with Crippen LogP contribution in [0.15, 0.2) is 66.0 Å². The summed E-state index contributed by atoms with van der Waals surface area (Å²) in [5, 5.41) is 4.86. The summed E-state index contributed by atoms with van der Waals surface area (Å²) in [7, 11) is 0. The molecule has 5 nitrogen and oxygen atoms in total. The van der Waals surface area contributed by atoms with Gasteiger partial charge in [0.25, 0.3) is 5.91 Å². The molecular weight excluding hydrogens is 338 g/mol. The fourth-order valence-electron chi connectivity index (χ4n) is 3.06. The zero-order chi connectivity index (χ0) is 19.4. The number of fused-ring (bicyclic) bond motifs is 1. The molecule has 0 aliphatic heterocycles. The zero-order valence-electron chi connectivity index (χ0n) is 15.7. The molecule has 1 amide bonds. The minimum absolute atomic E-state index is 0.0514. The first-order valence-corrected chi connectivity index (χ1v) is 9.00. The van der Waals surface area contributed by atoms with Gasteiger partial charge < -0.3 is 4.90 Å². The lowest BCUT2D eigenvalue weighted by molar-refractivity contribution is 0.0753. The van der Waals surface area contributed by atoms with E-state index >= 15 is 0 Å². The number of aryl methyl sites for hydroxylation is 2. The second kappa shape index (κ2) is 7.99. The third kappa shape index (κ3) is 3.82. The number of aromatic nitrogens is 2. The Kier molecular flexibility index (Phi) is 5.50. The molecule has 0 bridgehead atoms. The molecule has 0 spiro atoms. The van der Waals surface area contributed by atoms with E-state index in [1.165, 1.54) is 0 Å². The number of benzene rings is 2. The van der Waals surface area contributed by atoms with E-state index in [4.69, 9.17) is 0 Å². The molecule has 0 aliphatic carbocycles. The fraction of sp³-hybridized carbons (Fsp3) is 0.227. The van der Waals surface area contributed by atoms with Gasteiger partial charge in [-0.05, 0) is 31.5 Å². The summed E-state index contributed by atoms with van der Waals surface area (Å²) in [6, 6.07) is 15.2. The Balaban J connectivity index is 2.03. The summed E-state index contributed by atoms with van der Waals surface area (Å²) >= 11 is 0.